The minimum Gasteiger partial charge on any atom is -0.310 e. The minimum absolute atomic E-state index is 0.449. The summed E-state index contributed by atoms with van der Waals surface area (Å²) in [5, 5.41) is 17.8. The van der Waals surface area contributed by atoms with Gasteiger partial charge in [-0.15, -0.1) is 10.2 Å². The maximum absolute atomic E-state index is 9.43. The molecule has 0 saturated carbocycles. The molecule has 1 aromatic carbocycles. The number of nitriles is 1. The highest BCUT2D eigenvalue weighted by Gasteiger charge is 2.14. The zero-order valence-corrected chi connectivity index (χ0v) is 12.0. The Morgan fingerprint density at radius 1 is 1.14 bits per heavy atom. The number of benzene rings is 1. The summed E-state index contributed by atoms with van der Waals surface area (Å²) in [7, 11) is 1.85. The fourth-order valence-electron chi connectivity index (χ4n) is 2.18. The molecule has 0 fully saturated rings. The standard InChI is InChI=1S/C17H13N5/c1-22-16(14-7-3-2-4-8-14)20-21-17(22)15(11-18)10-13-6-5-9-19-12-13/h2-10,12H,1H3/b15-10-. The number of rotatable bonds is 3. The maximum Gasteiger partial charge on any atom is 0.174 e. The highest BCUT2D eigenvalue weighted by Crippen LogP contribution is 2.21. The molecule has 2 aromatic heterocycles. The molecule has 0 atom stereocenters. The first kappa shape index (κ1) is 13.7. The third-order valence-corrected chi connectivity index (χ3v) is 3.26. The van der Waals surface area contributed by atoms with E-state index in [1.807, 2.05) is 54.1 Å². The Balaban J connectivity index is 2.04. The van der Waals surface area contributed by atoms with Crippen molar-refractivity contribution in [2.45, 2.75) is 0 Å². The number of allylic oxidation sites excluding steroid dienone is 1. The zero-order valence-electron chi connectivity index (χ0n) is 12.0. The van der Waals surface area contributed by atoms with Gasteiger partial charge in [-0.25, -0.2) is 0 Å². The van der Waals surface area contributed by atoms with E-state index in [2.05, 4.69) is 21.3 Å². The summed E-state index contributed by atoms with van der Waals surface area (Å²) in [5.41, 5.74) is 2.26. The van der Waals surface area contributed by atoms with E-state index in [-0.39, 0.29) is 0 Å². The number of hydrogen-bond donors (Lipinski definition) is 0. The van der Waals surface area contributed by atoms with E-state index in [9.17, 15) is 5.26 Å². The van der Waals surface area contributed by atoms with Crippen LogP contribution >= 0.6 is 0 Å². The number of aromatic nitrogens is 4. The van der Waals surface area contributed by atoms with Crippen LogP contribution in [-0.4, -0.2) is 19.7 Å². The van der Waals surface area contributed by atoms with Gasteiger partial charge in [0.25, 0.3) is 0 Å². The van der Waals surface area contributed by atoms with Gasteiger partial charge in [-0.3, -0.25) is 4.98 Å². The second kappa shape index (κ2) is 6.02. The fraction of sp³-hybridized carbons (Fsp3) is 0.0588. The molecule has 3 aromatic rings. The van der Waals surface area contributed by atoms with Crippen LogP contribution in [0.1, 0.15) is 11.4 Å². The topological polar surface area (TPSA) is 67.4 Å². The molecule has 0 N–H and O–H groups in total. The summed E-state index contributed by atoms with van der Waals surface area (Å²) >= 11 is 0. The molecule has 0 saturated heterocycles. The van der Waals surface area contributed by atoms with Gasteiger partial charge in [-0.1, -0.05) is 36.4 Å². The summed E-state index contributed by atoms with van der Waals surface area (Å²) in [4.78, 5) is 4.04. The third-order valence-electron chi connectivity index (χ3n) is 3.26. The molecule has 0 amide bonds. The quantitative estimate of drug-likeness (QED) is 0.695. The third kappa shape index (κ3) is 2.63. The highest BCUT2D eigenvalue weighted by molar-refractivity contribution is 5.87. The lowest BCUT2D eigenvalue weighted by Gasteiger charge is -2.03. The summed E-state index contributed by atoms with van der Waals surface area (Å²) < 4.78 is 1.82. The van der Waals surface area contributed by atoms with Gasteiger partial charge < -0.3 is 4.57 Å². The molecule has 0 bridgehead atoms. The monoisotopic (exact) mass is 287 g/mol. The largest absolute Gasteiger partial charge is 0.310 e. The smallest absolute Gasteiger partial charge is 0.174 e. The molecule has 0 radical (unpaired) electrons. The molecular formula is C17H13N5. The van der Waals surface area contributed by atoms with E-state index < -0.39 is 0 Å². The van der Waals surface area contributed by atoms with E-state index in [0.717, 1.165) is 17.0 Å². The van der Waals surface area contributed by atoms with Gasteiger partial charge in [0.1, 0.15) is 6.07 Å². The van der Waals surface area contributed by atoms with Gasteiger partial charge in [-0.05, 0) is 17.7 Å². The van der Waals surface area contributed by atoms with Crippen LogP contribution in [0.5, 0.6) is 0 Å². The molecule has 5 heteroatoms. The summed E-state index contributed by atoms with van der Waals surface area (Å²) in [6, 6.07) is 15.7. The minimum atomic E-state index is 0.449. The van der Waals surface area contributed by atoms with Crippen LogP contribution in [-0.2, 0) is 7.05 Å². The van der Waals surface area contributed by atoms with Crippen molar-refractivity contribution in [3.63, 3.8) is 0 Å². The molecule has 0 aliphatic rings. The first-order chi connectivity index (χ1) is 10.8. The van der Waals surface area contributed by atoms with E-state index in [1.165, 1.54) is 0 Å². The second-order valence-electron chi connectivity index (χ2n) is 4.73. The van der Waals surface area contributed by atoms with Crippen molar-refractivity contribution in [2.24, 2.45) is 7.05 Å². The van der Waals surface area contributed by atoms with Crippen molar-refractivity contribution in [1.82, 2.24) is 19.7 Å². The van der Waals surface area contributed by atoms with E-state index in [4.69, 9.17) is 0 Å². The number of hydrogen-bond acceptors (Lipinski definition) is 4. The van der Waals surface area contributed by atoms with Crippen molar-refractivity contribution >= 4 is 11.6 Å². The Labute approximate surface area is 128 Å². The van der Waals surface area contributed by atoms with Crippen LogP contribution in [0, 0.1) is 11.3 Å². The van der Waals surface area contributed by atoms with Crippen LogP contribution in [0.3, 0.4) is 0 Å². The molecule has 2 heterocycles. The van der Waals surface area contributed by atoms with Gasteiger partial charge in [-0.2, -0.15) is 5.26 Å². The average Bonchev–Trinajstić information content (AvgIpc) is 2.96. The predicted molar refractivity (Wildman–Crippen MR) is 84.2 cm³/mol. The van der Waals surface area contributed by atoms with Gasteiger partial charge in [0, 0.05) is 25.0 Å². The molecule has 3 rings (SSSR count). The molecule has 106 valence electrons. The Bertz CT molecular complexity index is 842. The normalized spacial score (nSPS) is 11.2. The van der Waals surface area contributed by atoms with Gasteiger partial charge >= 0.3 is 0 Å². The summed E-state index contributed by atoms with van der Waals surface area (Å²) in [6.07, 6.45) is 5.15. The number of pyridine rings is 1. The van der Waals surface area contributed by atoms with Crippen LogP contribution < -0.4 is 0 Å². The second-order valence-corrected chi connectivity index (χ2v) is 4.73. The van der Waals surface area contributed by atoms with Crippen molar-refractivity contribution in [3.05, 3.63) is 66.2 Å². The zero-order chi connectivity index (χ0) is 15.4. The van der Waals surface area contributed by atoms with E-state index in [0.29, 0.717) is 11.4 Å². The lowest BCUT2D eigenvalue weighted by atomic mass is 10.1. The van der Waals surface area contributed by atoms with E-state index in [1.54, 1.807) is 18.5 Å². The van der Waals surface area contributed by atoms with Gasteiger partial charge in [0.2, 0.25) is 0 Å². The molecule has 0 unspecified atom stereocenters. The van der Waals surface area contributed by atoms with Gasteiger partial charge in [0.05, 0.1) is 5.57 Å². The Morgan fingerprint density at radius 3 is 2.64 bits per heavy atom. The Hall–Kier alpha value is -3.26. The van der Waals surface area contributed by atoms with Crippen LogP contribution in [0.4, 0.5) is 0 Å². The van der Waals surface area contributed by atoms with Gasteiger partial charge in [0.15, 0.2) is 11.6 Å². The lowest BCUT2D eigenvalue weighted by Crippen LogP contribution is -1.98. The Morgan fingerprint density at radius 2 is 1.95 bits per heavy atom. The predicted octanol–water partition coefficient (Wildman–Crippen LogP) is 2.94. The molecule has 5 nitrogen and oxygen atoms in total. The molecule has 0 spiro atoms. The average molecular weight is 287 g/mol. The van der Waals surface area contributed by atoms with Crippen molar-refractivity contribution in [1.29, 1.82) is 5.26 Å². The summed E-state index contributed by atoms with van der Waals surface area (Å²) in [6.45, 7) is 0. The maximum atomic E-state index is 9.43. The summed E-state index contributed by atoms with van der Waals surface area (Å²) in [5.74, 6) is 1.26. The van der Waals surface area contributed by atoms with E-state index >= 15 is 0 Å². The SMILES string of the molecule is Cn1c(/C(C#N)=C\c2cccnc2)nnc1-c1ccccc1. The highest BCUT2D eigenvalue weighted by atomic mass is 15.3. The van der Waals surface area contributed by atoms with Crippen LogP contribution in [0.2, 0.25) is 0 Å². The fourth-order valence-corrected chi connectivity index (χ4v) is 2.18. The van der Waals surface area contributed by atoms with Crippen molar-refractivity contribution in [3.8, 4) is 17.5 Å². The Kier molecular flexibility index (Phi) is 3.75. The van der Waals surface area contributed by atoms with Crippen LogP contribution in [0.25, 0.3) is 23.0 Å². The molecule has 22 heavy (non-hydrogen) atoms. The first-order valence-electron chi connectivity index (χ1n) is 6.76. The van der Waals surface area contributed by atoms with Crippen molar-refractivity contribution < 1.29 is 0 Å². The van der Waals surface area contributed by atoms with Crippen molar-refractivity contribution in [2.75, 3.05) is 0 Å². The first-order valence-corrected chi connectivity index (χ1v) is 6.76. The van der Waals surface area contributed by atoms with Crippen LogP contribution in [0.15, 0.2) is 54.9 Å². The molecule has 0 aliphatic carbocycles. The molecular weight excluding hydrogens is 274 g/mol. The molecule has 0 aliphatic heterocycles. The lowest BCUT2D eigenvalue weighted by molar-refractivity contribution is 0.901. The number of nitrogens with zero attached hydrogens (tertiary/aromatic N) is 5.